The highest BCUT2D eigenvalue weighted by Gasteiger charge is 2.18. The number of nitrogens with one attached hydrogen (secondary N) is 2. The Morgan fingerprint density at radius 2 is 1.64 bits per heavy atom. The normalized spacial score (nSPS) is 11.3. The van der Waals surface area contributed by atoms with E-state index in [0.29, 0.717) is 51.8 Å². The Bertz CT molecular complexity index is 1950. The lowest BCUT2D eigenvalue weighted by Gasteiger charge is -2.08. The Labute approximate surface area is 221 Å². The summed E-state index contributed by atoms with van der Waals surface area (Å²) in [6, 6.07) is 22.3. The number of rotatable bonds is 6. The van der Waals surface area contributed by atoms with Gasteiger partial charge in [-0.3, -0.25) is 10.1 Å². The summed E-state index contributed by atoms with van der Waals surface area (Å²) in [5.74, 6) is 0.842. The van der Waals surface area contributed by atoms with E-state index in [1.807, 2.05) is 42.5 Å². The first-order valence-electron chi connectivity index (χ1n) is 12.3. The molecule has 2 N–H and O–H groups in total. The molecule has 0 aliphatic carbocycles. The van der Waals surface area contributed by atoms with Crippen LogP contribution in [0.15, 0.2) is 97.6 Å². The van der Waals surface area contributed by atoms with Crippen molar-refractivity contribution in [3.63, 3.8) is 0 Å². The Hall–Kier alpha value is -5.44. The van der Waals surface area contributed by atoms with E-state index in [0.717, 1.165) is 22.1 Å². The van der Waals surface area contributed by atoms with Crippen molar-refractivity contribution in [2.24, 2.45) is 0 Å². The SMILES string of the molecule is Fc1ccccc1-c1ccnc2[nH]c(-c3n[nH]c4ncc(-c5cncc(OCc6ccccc6)c5)cc34)nc12. The zero-order valence-electron chi connectivity index (χ0n) is 20.5. The van der Waals surface area contributed by atoms with Crippen molar-refractivity contribution in [1.82, 2.24) is 35.1 Å². The van der Waals surface area contributed by atoms with Crippen LogP contribution in [0.2, 0.25) is 0 Å². The fraction of sp³-hybridized carbons (Fsp3) is 0.0333. The fourth-order valence-corrected chi connectivity index (χ4v) is 4.56. The first-order chi connectivity index (χ1) is 19.2. The van der Waals surface area contributed by atoms with E-state index in [2.05, 4.69) is 30.1 Å². The molecule has 0 aliphatic rings. The molecule has 7 aromatic rings. The molecule has 5 aromatic heterocycles. The van der Waals surface area contributed by atoms with E-state index in [9.17, 15) is 4.39 Å². The van der Waals surface area contributed by atoms with Crippen molar-refractivity contribution in [2.75, 3.05) is 0 Å². The summed E-state index contributed by atoms with van der Waals surface area (Å²) in [5, 5.41) is 8.22. The summed E-state index contributed by atoms with van der Waals surface area (Å²) >= 11 is 0. The Morgan fingerprint density at radius 1 is 0.795 bits per heavy atom. The molecule has 39 heavy (non-hydrogen) atoms. The highest BCUT2D eigenvalue weighted by molar-refractivity contribution is 5.96. The molecule has 0 spiro atoms. The van der Waals surface area contributed by atoms with Gasteiger partial charge in [0.05, 0.1) is 11.6 Å². The molecule has 0 bridgehead atoms. The number of pyridine rings is 3. The van der Waals surface area contributed by atoms with Crippen LogP contribution in [0.4, 0.5) is 4.39 Å². The number of aromatic amines is 2. The van der Waals surface area contributed by atoms with Crippen LogP contribution < -0.4 is 4.74 Å². The molecule has 5 heterocycles. The van der Waals surface area contributed by atoms with Crippen molar-refractivity contribution in [1.29, 1.82) is 0 Å². The van der Waals surface area contributed by atoms with E-state index < -0.39 is 0 Å². The zero-order valence-corrected chi connectivity index (χ0v) is 20.5. The topological polar surface area (TPSA) is 105 Å². The molecule has 9 heteroatoms. The van der Waals surface area contributed by atoms with Crippen LogP contribution in [0.1, 0.15) is 5.56 Å². The monoisotopic (exact) mass is 513 g/mol. The lowest BCUT2D eigenvalue weighted by atomic mass is 10.1. The Kier molecular flexibility index (Phi) is 5.51. The second-order valence-corrected chi connectivity index (χ2v) is 9.00. The van der Waals surface area contributed by atoms with Gasteiger partial charge in [-0.25, -0.2) is 19.3 Å². The number of H-pyrrole nitrogens is 2. The van der Waals surface area contributed by atoms with Gasteiger partial charge in [0.25, 0.3) is 0 Å². The molecule has 0 atom stereocenters. The summed E-state index contributed by atoms with van der Waals surface area (Å²) in [5.41, 5.74) is 6.19. The van der Waals surface area contributed by atoms with Crippen LogP contribution in [-0.2, 0) is 6.61 Å². The molecule has 0 amide bonds. The molecule has 188 valence electrons. The van der Waals surface area contributed by atoms with Gasteiger partial charge in [0.2, 0.25) is 0 Å². The van der Waals surface area contributed by atoms with Gasteiger partial charge in [-0.1, -0.05) is 48.5 Å². The number of fused-ring (bicyclic) bond motifs is 2. The smallest absolute Gasteiger partial charge is 0.161 e. The van der Waals surface area contributed by atoms with Gasteiger partial charge in [0, 0.05) is 40.8 Å². The minimum absolute atomic E-state index is 0.322. The van der Waals surface area contributed by atoms with Crippen LogP contribution in [-0.4, -0.2) is 35.1 Å². The molecule has 0 aliphatic heterocycles. The highest BCUT2D eigenvalue weighted by atomic mass is 19.1. The Morgan fingerprint density at radius 3 is 2.54 bits per heavy atom. The van der Waals surface area contributed by atoms with Gasteiger partial charge < -0.3 is 9.72 Å². The lowest BCUT2D eigenvalue weighted by molar-refractivity contribution is 0.305. The summed E-state index contributed by atoms with van der Waals surface area (Å²) in [6.45, 7) is 0.449. The van der Waals surface area contributed by atoms with Gasteiger partial charge >= 0.3 is 0 Å². The third-order valence-corrected chi connectivity index (χ3v) is 6.48. The van der Waals surface area contributed by atoms with Crippen molar-refractivity contribution >= 4 is 22.2 Å². The van der Waals surface area contributed by atoms with Gasteiger partial charge in [0.15, 0.2) is 17.1 Å². The summed E-state index contributed by atoms with van der Waals surface area (Å²) in [6.07, 6.45) is 6.85. The summed E-state index contributed by atoms with van der Waals surface area (Å²) in [7, 11) is 0. The van der Waals surface area contributed by atoms with Crippen molar-refractivity contribution in [3.8, 4) is 39.5 Å². The van der Waals surface area contributed by atoms with Gasteiger partial charge in [-0.05, 0) is 29.8 Å². The minimum atomic E-state index is -0.322. The quantitative estimate of drug-likeness (QED) is 0.269. The molecule has 0 unspecified atom stereocenters. The van der Waals surface area contributed by atoms with E-state index in [4.69, 9.17) is 9.72 Å². The average Bonchev–Trinajstić information content (AvgIpc) is 3.61. The van der Waals surface area contributed by atoms with Gasteiger partial charge in [-0.15, -0.1) is 0 Å². The van der Waals surface area contributed by atoms with Crippen LogP contribution in [0.5, 0.6) is 5.75 Å². The van der Waals surface area contributed by atoms with Crippen molar-refractivity contribution in [2.45, 2.75) is 6.61 Å². The second kappa shape index (κ2) is 9.46. The number of halogens is 1. The molecule has 0 fully saturated rings. The average molecular weight is 514 g/mol. The predicted octanol–water partition coefficient (Wildman–Crippen LogP) is 6.34. The number of hydrogen-bond donors (Lipinski definition) is 2. The van der Waals surface area contributed by atoms with Crippen LogP contribution in [0, 0.1) is 5.82 Å². The van der Waals surface area contributed by atoms with E-state index in [1.54, 1.807) is 49.1 Å². The number of benzene rings is 2. The van der Waals surface area contributed by atoms with Crippen LogP contribution in [0.25, 0.3) is 56.0 Å². The standard InChI is InChI=1S/C30H20FN7O/c31-25-9-5-4-8-22(25)23-10-11-33-29-26(23)35-30(36-29)27-24-13-20(15-34-28(24)38-37-27)19-12-21(16-32-14-19)39-17-18-6-2-1-3-7-18/h1-16H,17H2,(H,33,35,36)(H,34,37,38). The third kappa shape index (κ3) is 4.25. The summed E-state index contributed by atoms with van der Waals surface area (Å²) < 4.78 is 20.5. The van der Waals surface area contributed by atoms with E-state index >= 15 is 0 Å². The first kappa shape index (κ1) is 22.7. The van der Waals surface area contributed by atoms with Gasteiger partial charge in [-0.2, -0.15) is 5.10 Å². The largest absolute Gasteiger partial charge is 0.487 e. The number of aromatic nitrogens is 7. The molecule has 8 nitrogen and oxygen atoms in total. The highest BCUT2D eigenvalue weighted by Crippen LogP contribution is 2.33. The lowest BCUT2D eigenvalue weighted by Crippen LogP contribution is -1.96. The predicted molar refractivity (Wildman–Crippen MR) is 146 cm³/mol. The molecule has 0 saturated carbocycles. The maximum absolute atomic E-state index is 14.6. The Balaban J connectivity index is 1.25. The molecule has 7 rings (SSSR count). The van der Waals surface area contributed by atoms with Crippen molar-refractivity contribution in [3.05, 3.63) is 109 Å². The number of ether oxygens (including phenoxy) is 1. The molecular weight excluding hydrogens is 493 g/mol. The maximum atomic E-state index is 14.6. The number of imidazole rings is 1. The number of nitrogens with zero attached hydrogens (tertiary/aromatic N) is 5. The van der Waals surface area contributed by atoms with Gasteiger partial charge in [0.1, 0.15) is 29.4 Å². The van der Waals surface area contributed by atoms with E-state index in [-0.39, 0.29) is 5.82 Å². The summed E-state index contributed by atoms with van der Waals surface area (Å²) in [4.78, 5) is 21.3. The molecule has 2 aromatic carbocycles. The molecule has 0 saturated heterocycles. The first-order valence-corrected chi connectivity index (χ1v) is 12.3. The van der Waals surface area contributed by atoms with Crippen molar-refractivity contribution < 1.29 is 9.13 Å². The maximum Gasteiger partial charge on any atom is 0.161 e. The van der Waals surface area contributed by atoms with E-state index in [1.165, 1.54) is 6.07 Å². The molecular formula is C30H20FN7O. The van der Waals surface area contributed by atoms with Crippen LogP contribution >= 0.6 is 0 Å². The number of hydrogen-bond acceptors (Lipinski definition) is 6. The third-order valence-electron chi connectivity index (χ3n) is 6.48. The van der Waals surface area contributed by atoms with Crippen LogP contribution in [0.3, 0.4) is 0 Å². The minimum Gasteiger partial charge on any atom is -0.487 e. The zero-order chi connectivity index (χ0) is 26.2. The second-order valence-electron chi connectivity index (χ2n) is 9.00. The fourth-order valence-electron chi connectivity index (χ4n) is 4.56. The molecule has 0 radical (unpaired) electrons.